The molecule has 0 unspecified atom stereocenters. The highest BCUT2D eigenvalue weighted by atomic mass is 79.9. The summed E-state index contributed by atoms with van der Waals surface area (Å²) in [6.45, 7) is 1.35. The lowest BCUT2D eigenvalue weighted by Crippen LogP contribution is -2.30. The van der Waals surface area contributed by atoms with E-state index < -0.39 is 0 Å². The Kier molecular flexibility index (Phi) is 3.83. The lowest BCUT2D eigenvalue weighted by molar-refractivity contribution is 0.0747. The van der Waals surface area contributed by atoms with Crippen LogP contribution in [0.1, 0.15) is 28.0 Å². The van der Waals surface area contributed by atoms with Gasteiger partial charge in [0.1, 0.15) is 0 Å². The number of pyridine rings is 1. The van der Waals surface area contributed by atoms with Crippen molar-refractivity contribution in [3.05, 3.63) is 63.9 Å². The van der Waals surface area contributed by atoms with Gasteiger partial charge in [-0.3, -0.25) is 9.78 Å². The lowest BCUT2D eigenvalue weighted by Gasteiger charge is -2.20. The standard InChI is InChI=1S/C16H15BrN2O/c17-13-7-8-14(18-10-13)11-19-9-3-5-12-4-1-2-6-15(12)16(19)20/h1-2,4,6-8,10H,3,5,9,11H2. The van der Waals surface area contributed by atoms with Crippen LogP contribution in [0.2, 0.25) is 0 Å². The number of fused-ring (bicyclic) bond motifs is 1. The molecule has 1 aromatic carbocycles. The molecule has 4 heteroatoms. The van der Waals surface area contributed by atoms with Gasteiger partial charge in [-0.2, -0.15) is 0 Å². The number of halogens is 1. The Hall–Kier alpha value is -1.68. The second-order valence-corrected chi connectivity index (χ2v) is 5.87. The number of aryl methyl sites for hydroxylation is 1. The molecule has 0 aliphatic carbocycles. The summed E-state index contributed by atoms with van der Waals surface area (Å²) in [6, 6.07) is 11.8. The Bertz CT molecular complexity index is 625. The average molecular weight is 331 g/mol. The van der Waals surface area contributed by atoms with Gasteiger partial charge in [-0.05, 0) is 52.5 Å². The molecule has 1 amide bonds. The predicted molar refractivity (Wildman–Crippen MR) is 81.4 cm³/mol. The maximum absolute atomic E-state index is 12.6. The quantitative estimate of drug-likeness (QED) is 0.845. The van der Waals surface area contributed by atoms with E-state index in [0.29, 0.717) is 6.54 Å². The third-order valence-corrected chi connectivity index (χ3v) is 4.02. The Labute approximate surface area is 126 Å². The van der Waals surface area contributed by atoms with E-state index in [4.69, 9.17) is 0 Å². The van der Waals surface area contributed by atoms with Gasteiger partial charge in [0.25, 0.3) is 5.91 Å². The van der Waals surface area contributed by atoms with Crippen molar-refractivity contribution < 1.29 is 4.79 Å². The van der Waals surface area contributed by atoms with Crippen LogP contribution in [0.25, 0.3) is 0 Å². The lowest BCUT2D eigenvalue weighted by atomic mass is 10.0. The molecular weight excluding hydrogens is 316 g/mol. The summed E-state index contributed by atoms with van der Waals surface area (Å²) < 4.78 is 0.953. The van der Waals surface area contributed by atoms with Crippen molar-refractivity contribution in [2.24, 2.45) is 0 Å². The van der Waals surface area contributed by atoms with Gasteiger partial charge in [-0.15, -0.1) is 0 Å². The van der Waals surface area contributed by atoms with Gasteiger partial charge in [0, 0.05) is 22.8 Å². The molecular formula is C16H15BrN2O. The molecule has 3 nitrogen and oxygen atoms in total. The van der Waals surface area contributed by atoms with E-state index in [1.165, 1.54) is 0 Å². The zero-order chi connectivity index (χ0) is 13.9. The van der Waals surface area contributed by atoms with Crippen LogP contribution < -0.4 is 0 Å². The van der Waals surface area contributed by atoms with Crippen molar-refractivity contribution in [2.45, 2.75) is 19.4 Å². The molecule has 2 aromatic rings. The largest absolute Gasteiger partial charge is 0.333 e. The summed E-state index contributed by atoms with van der Waals surface area (Å²) in [5.74, 6) is 0.114. The van der Waals surface area contributed by atoms with E-state index in [2.05, 4.69) is 27.0 Å². The van der Waals surface area contributed by atoms with Crippen molar-refractivity contribution in [3.8, 4) is 0 Å². The summed E-state index contributed by atoms with van der Waals surface area (Å²) in [5, 5.41) is 0. The molecule has 1 aliphatic heterocycles. The molecule has 0 radical (unpaired) electrons. The van der Waals surface area contributed by atoms with E-state index in [9.17, 15) is 4.79 Å². The van der Waals surface area contributed by atoms with Crippen LogP contribution in [0.5, 0.6) is 0 Å². The second-order valence-electron chi connectivity index (χ2n) is 4.96. The van der Waals surface area contributed by atoms with Gasteiger partial charge >= 0.3 is 0 Å². The molecule has 0 spiro atoms. The van der Waals surface area contributed by atoms with Crippen molar-refractivity contribution in [2.75, 3.05) is 6.54 Å². The molecule has 20 heavy (non-hydrogen) atoms. The van der Waals surface area contributed by atoms with Gasteiger partial charge in [0.15, 0.2) is 0 Å². The summed E-state index contributed by atoms with van der Waals surface area (Å²) in [4.78, 5) is 18.8. The second kappa shape index (κ2) is 5.75. The Balaban J connectivity index is 1.84. The molecule has 0 saturated heterocycles. The highest BCUT2D eigenvalue weighted by Crippen LogP contribution is 2.20. The first kappa shape index (κ1) is 13.3. The number of hydrogen-bond acceptors (Lipinski definition) is 2. The third-order valence-electron chi connectivity index (χ3n) is 3.55. The van der Waals surface area contributed by atoms with E-state index in [1.807, 2.05) is 35.2 Å². The van der Waals surface area contributed by atoms with Crippen LogP contribution in [-0.2, 0) is 13.0 Å². The fraction of sp³-hybridized carbons (Fsp3) is 0.250. The maximum atomic E-state index is 12.6. The van der Waals surface area contributed by atoms with Gasteiger partial charge in [-0.25, -0.2) is 0 Å². The molecule has 0 N–H and O–H groups in total. The van der Waals surface area contributed by atoms with Gasteiger partial charge in [0.2, 0.25) is 0 Å². The van der Waals surface area contributed by atoms with Crippen LogP contribution in [0, 0.1) is 0 Å². The minimum absolute atomic E-state index is 0.114. The number of carbonyl (C=O) groups excluding carboxylic acids is 1. The SMILES string of the molecule is O=C1c2ccccc2CCCN1Cc1ccc(Br)cn1. The van der Waals surface area contributed by atoms with Crippen LogP contribution in [0.15, 0.2) is 47.1 Å². The minimum atomic E-state index is 0.114. The van der Waals surface area contributed by atoms with E-state index in [-0.39, 0.29) is 5.91 Å². The van der Waals surface area contributed by atoms with Crippen molar-refractivity contribution in [1.29, 1.82) is 0 Å². The van der Waals surface area contributed by atoms with Gasteiger partial charge in [-0.1, -0.05) is 18.2 Å². The Morgan fingerprint density at radius 1 is 1.20 bits per heavy atom. The van der Waals surface area contributed by atoms with Crippen molar-refractivity contribution >= 4 is 21.8 Å². The summed E-state index contributed by atoms with van der Waals surface area (Å²) in [7, 11) is 0. The van der Waals surface area contributed by atoms with E-state index in [0.717, 1.165) is 40.7 Å². The number of aromatic nitrogens is 1. The average Bonchev–Trinajstić information content (AvgIpc) is 2.62. The number of nitrogens with zero attached hydrogens (tertiary/aromatic N) is 2. The zero-order valence-corrected chi connectivity index (χ0v) is 12.6. The molecule has 1 aromatic heterocycles. The fourth-order valence-electron chi connectivity index (χ4n) is 2.53. The number of amides is 1. The first-order chi connectivity index (χ1) is 9.74. The Morgan fingerprint density at radius 3 is 2.85 bits per heavy atom. The molecule has 3 rings (SSSR count). The van der Waals surface area contributed by atoms with Crippen molar-refractivity contribution in [3.63, 3.8) is 0 Å². The van der Waals surface area contributed by atoms with E-state index in [1.54, 1.807) is 6.20 Å². The highest BCUT2D eigenvalue weighted by Gasteiger charge is 2.22. The van der Waals surface area contributed by atoms with Gasteiger partial charge in [0.05, 0.1) is 12.2 Å². The molecule has 102 valence electrons. The Morgan fingerprint density at radius 2 is 2.05 bits per heavy atom. The first-order valence-electron chi connectivity index (χ1n) is 6.71. The number of carbonyl (C=O) groups is 1. The summed E-state index contributed by atoms with van der Waals surface area (Å²) >= 11 is 3.37. The van der Waals surface area contributed by atoms with Crippen LogP contribution in [0.3, 0.4) is 0 Å². The minimum Gasteiger partial charge on any atom is -0.333 e. The molecule has 1 aliphatic rings. The smallest absolute Gasteiger partial charge is 0.254 e. The van der Waals surface area contributed by atoms with Crippen LogP contribution >= 0.6 is 15.9 Å². The number of rotatable bonds is 2. The first-order valence-corrected chi connectivity index (χ1v) is 7.51. The highest BCUT2D eigenvalue weighted by molar-refractivity contribution is 9.10. The third kappa shape index (κ3) is 2.75. The molecule has 0 bridgehead atoms. The molecule has 0 fully saturated rings. The van der Waals surface area contributed by atoms with Crippen LogP contribution in [0.4, 0.5) is 0 Å². The summed E-state index contributed by atoms with van der Waals surface area (Å²) in [5.41, 5.74) is 2.91. The van der Waals surface area contributed by atoms with E-state index >= 15 is 0 Å². The topological polar surface area (TPSA) is 33.2 Å². The fourth-order valence-corrected chi connectivity index (χ4v) is 2.76. The maximum Gasteiger partial charge on any atom is 0.254 e. The monoisotopic (exact) mass is 330 g/mol. The van der Waals surface area contributed by atoms with Crippen molar-refractivity contribution in [1.82, 2.24) is 9.88 Å². The molecule has 2 heterocycles. The normalized spacial score (nSPS) is 14.8. The molecule has 0 saturated carbocycles. The number of benzene rings is 1. The zero-order valence-electron chi connectivity index (χ0n) is 11.1. The number of hydrogen-bond donors (Lipinski definition) is 0. The van der Waals surface area contributed by atoms with Gasteiger partial charge < -0.3 is 4.90 Å². The van der Waals surface area contributed by atoms with Crippen LogP contribution in [-0.4, -0.2) is 22.3 Å². The summed E-state index contributed by atoms with van der Waals surface area (Å²) in [6.07, 6.45) is 3.73. The predicted octanol–water partition coefficient (Wildman–Crippen LogP) is 3.43. The molecule has 0 atom stereocenters.